The highest BCUT2D eigenvalue weighted by Gasteiger charge is 2.37. The van der Waals surface area contributed by atoms with Gasteiger partial charge in [-0.15, -0.1) is 0 Å². The van der Waals surface area contributed by atoms with E-state index >= 15 is 0 Å². The van der Waals surface area contributed by atoms with Crippen molar-refractivity contribution in [2.75, 3.05) is 14.1 Å². The Morgan fingerprint density at radius 3 is 2.44 bits per heavy atom. The van der Waals surface area contributed by atoms with Gasteiger partial charge in [0.15, 0.2) is 5.76 Å². The zero-order chi connectivity index (χ0) is 19.9. The smallest absolute Gasteiger partial charge is 0.326 e. The maximum Gasteiger partial charge on any atom is 0.326 e. The van der Waals surface area contributed by atoms with Crippen LogP contribution < -0.4 is 0 Å². The van der Waals surface area contributed by atoms with Crippen molar-refractivity contribution < 1.29 is 27.5 Å². The molecule has 1 aliphatic rings. The van der Waals surface area contributed by atoms with Gasteiger partial charge in [0.05, 0.1) is 0 Å². The molecule has 1 atom stereocenters. The molecular formula is C18H20N2O6S. The lowest BCUT2D eigenvalue weighted by Crippen LogP contribution is -2.48. The van der Waals surface area contributed by atoms with Crippen LogP contribution in [0.5, 0.6) is 0 Å². The summed E-state index contributed by atoms with van der Waals surface area (Å²) in [4.78, 5) is 25.7. The number of furan rings is 1. The molecule has 3 rings (SSSR count). The van der Waals surface area contributed by atoms with Gasteiger partial charge in [-0.25, -0.2) is 17.5 Å². The van der Waals surface area contributed by atoms with E-state index in [9.17, 15) is 23.1 Å². The number of aliphatic carboxylic acids is 1. The average Bonchev–Trinajstić information content (AvgIpc) is 3.02. The molecule has 0 fully saturated rings. The third kappa shape index (κ3) is 3.35. The molecule has 9 heteroatoms. The van der Waals surface area contributed by atoms with E-state index in [0.29, 0.717) is 0 Å². The zero-order valence-electron chi connectivity index (χ0n) is 15.2. The lowest BCUT2D eigenvalue weighted by molar-refractivity contribution is -0.142. The third-order valence-electron chi connectivity index (χ3n) is 4.64. The number of hydrogen-bond donors (Lipinski definition) is 1. The van der Waals surface area contributed by atoms with Crippen LogP contribution >= 0.6 is 0 Å². The molecule has 8 nitrogen and oxygen atoms in total. The number of nitrogens with zero attached hydrogens (tertiary/aromatic N) is 2. The summed E-state index contributed by atoms with van der Waals surface area (Å²) in [5, 5.41) is 9.56. The minimum absolute atomic E-state index is 0.0799. The molecular weight excluding hydrogens is 372 g/mol. The first-order valence-electron chi connectivity index (χ1n) is 8.26. The second-order valence-electron chi connectivity index (χ2n) is 6.58. The Kier molecular flexibility index (Phi) is 4.83. The number of hydrogen-bond acceptors (Lipinski definition) is 5. The molecule has 0 saturated heterocycles. The van der Waals surface area contributed by atoms with E-state index in [1.165, 1.54) is 25.9 Å². The maximum absolute atomic E-state index is 12.9. The fourth-order valence-corrected chi connectivity index (χ4v) is 4.18. The first-order chi connectivity index (χ1) is 12.6. The van der Waals surface area contributed by atoms with E-state index < -0.39 is 27.9 Å². The number of sulfonamides is 1. The second kappa shape index (κ2) is 6.82. The molecule has 27 heavy (non-hydrogen) atoms. The summed E-state index contributed by atoms with van der Waals surface area (Å²) < 4.78 is 31.1. The third-order valence-corrected chi connectivity index (χ3v) is 6.56. The van der Waals surface area contributed by atoms with Gasteiger partial charge in [-0.05, 0) is 18.1 Å². The van der Waals surface area contributed by atoms with E-state index in [1.54, 1.807) is 0 Å². The highest BCUT2D eigenvalue weighted by Crippen LogP contribution is 2.28. The van der Waals surface area contributed by atoms with Crippen molar-refractivity contribution in [3.63, 3.8) is 0 Å². The number of carboxylic acids is 1. The van der Waals surface area contributed by atoms with Crippen molar-refractivity contribution in [3.05, 3.63) is 53.0 Å². The van der Waals surface area contributed by atoms with Gasteiger partial charge < -0.3 is 14.4 Å². The number of benzene rings is 1. The van der Waals surface area contributed by atoms with Gasteiger partial charge in [0.1, 0.15) is 16.7 Å². The van der Waals surface area contributed by atoms with E-state index in [4.69, 9.17) is 4.42 Å². The Morgan fingerprint density at radius 1 is 1.22 bits per heavy atom. The largest absolute Gasteiger partial charge is 0.480 e. The van der Waals surface area contributed by atoms with Crippen molar-refractivity contribution in [1.29, 1.82) is 0 Å². The number of fused-ring (bicyclic) bond motifs is 1. The summed E-state index contributed by atoms with van der Waals surface area (Å²) in [5.74, 6) is -1.89. The van der Waals surface area contributed by atoms with Gasteiger partial charge in [0.2, 0.25) is 10.0 Å². The van der Waals surface area contributed by atoms with Gasteiger partial charge in [-0.1, -0.05) is 24.3 Å². The van der Waals surface area contributed by atoms with Crippen LogP contribution in [0, 0.1) is 6.92 Å². The number of rotatable bonds is 4. The molecule has 1 aromatic heterocycles. The predicted octanol–water partition coefficient (Wildman–Crippen LogP) is 1.49. The SMILES string of the molecule is Cc1oc(C(=O)N2Cc3ccccc3CC2C(=O)O)cc1S(=O)(=O)N(C)C. The minimum atomic E-state index is -3.78. The Labute approximate surface area is 157 Å². The van der Waals surface area contributed by atoms with Crippen LogP contribution in [-0.2, 0) is 27.8 Å². The maximum atomic E-state index is 12.9. The molecule has 1 aromatic carbocycles. The summed E-state index contributed by atoms with van der Waals surface area (Å²) in [6.45, 7) is 1.56. The summed E-state index contributed by atoms with van der Waals surface area (Å²) in [5.41, 5.74) is 1.73. The van der Waals surface area contributed by atoms with E-state index in [-0.39, 0.29) is 29.4 Å². The van der Waals surface area contributed by atoms with Crippen LogP contribution in [0.15, 0.2) is 39.6 Å². The number of amides is 1. The van der Waals surface area contributed by atoms with Crippen LogP contribution in [0.2, 0.25) is 0 Å². The topological polar surface area (TPSA) is 108 Å². The van der Waals surface area contributed by atoms with Crippen LogP contribution in [0.3, 0.4) is 0 Å². The summed E-state index contributed by atoms with van der Waals surface area (Å²) in [7, 11) is -1.02. The Hall–Kier alpha value is -2.65. The molecule has 1 N–H and O–H groups in total. The molecule has 1 unspecified atom stereocenters. The van der Waals surface area contributed by atoms with Crippen LogP contribution in [-0.4, -0.2) is 54.7 Å². The Morgan fingerprint density at radius 2 is 1.85 bits per heavy atom. The number of carbonyl (C=O) groups excluding carboxylic acids is 1. The number of aryl methyl sites for hydroxylation is 1. The lowest BCUT2D eigenvalue weighted by Gasteiger charge is -2.33. The molecule has 0 aliphatic carbocycles. The lowest BCUT2D eigenvalue weighted by atomic mass is 9.94. The van der Waals surface area contributed by atoms with E-state index in [2.05, 4.69) is 0 Å². The van der Waals surface area contributed by atoms with Crippen LogP contribution in [0.25, 0.3) is 0 Å². The fraction of sp³-hybridized carbons (Fsp3) is 0.333. The van der Waals surface area contributed by atoms with Gasteiger partial charge >= 0.3 is 5.97 Å². The molecule has 0 radical (unpaired) electrons. The standard InChI is InChI=1S/C18H20N2O6S/c1-11-16(27(24,25)19(2)3)9-15(26-11)17(21)20-10-13-7-5-4-6-12(13)8-14(20)18(22)23/h4-7,9,14H,8,10H2,1-3H3,(H,22,23). The van der Waals surface area contributed by atoms with E-state index in [1.807, 2.05) is 24.3 Å². The molecule has 1 aliphatic heterocycles. The summed E-state index contributed by atoms with van der Waals surface area (Å²) in [6, 6.07) is 7.43. The second-order valence-corrected chi connectivity index (χ2v) is 8.70. The highest BCUT2D eigenvalue weighted by atomic mass is 32.2. The normalized spacial score (nSPS) is 17.0. The summed E-state index contributed by atoms with van der Waals surface area (Å²) in [6.07, 6.45) is 0.180. The van der Waals surface area contributed by atoms with Crippen LogP contribution in [0.1, 0.15) is 27.4 Å². The number of carbonyl (C=O) groups is 2. The Bertz CT molecular complexity index is 1010. The quantitative estimate of drug-likeness (QED) is 0.845. The minimum Gasteiger partial charge on any atom is -0.480 e. The molecule has 144 valence electrons. The zero-order valence-corrected chi connectivity index (χ0v) is 16.0. The van der Waals surface area contributed by atoms with Crippen molar-refractivity contribution in [1.82, 2.24) is 9.21 Å². The van der Waals surface area contributed by atoms with Crippen LogP contribution in [0.4, 0.5) is 0 Å². The van der Waals surface area contributed by atoms with Gasteiger partial charge in [0, 0.05) is 33.1 Å². The average molecular weight is 392 g/mol. The van der Waals surface area contributed by atoms with Gasteiger partial charge in [-0.2, -0.15) is 0 Å². The Balaban J connectivity index is 1.99. The molecule has 0 bridgehead atoms. The van der Waals surface area contributed by atoms with Crippen molar-refractivity contribution in [2.24, 2.45) is 0 Å². The first-order valence-corrected chi connectivity index (χ1v) is 9.70. The van der Waals surface area contributed by atoms with E-state index in [0.717, 1.165) is 21.5 Å². The molecule has 0 saturated carbocycles. The van der Waals surface area contributed by atoms with Crippen molar-refractivity contribution >= 4 is 21.9 Å². The fourth-order valence-electron chi connectivity index (χ4n) is 3.12. The molecule has 2 heterocycles. The monoisotopic (exact) mass is 392 g/mol. The predicted molar refractivity (Wildman–Crippen MR) is 95.8 cm³/mol. The molecule has 2 aromatic rings. The van der Waals surface area contributed by atoms with Crippen molar-refractivity contribution in [3.8, 4) is 0 Å². The van der Waals surface area contributed by atoms with Gasteiger partial charge in [0.25, 0.3) is 5.91 Å². The molecule has 1 amide bonds. The first kappa shape index (κ1) is 19.1. The summed E-state index contributed by atoms with van der Waals surface area (Å²) >= 11 is 0. The van der Waals surface area contributed by atoms with Crippen molar-refractivity contribution in [2.45, 2.75) is 30.8 Å². The van der Waals surface area contributed by atoms with Gasteiger partial charge in [-0.3, -0.25) is 4.79 Å². The molecule has 0 spiro atoms. The number of carboxylic acid groups (broad SMARTS) is 1. The highest BCUT2D eigenvalue weighted by molar-refractivity contribution is 7.89.